The molecule has 0 atom stereocenters. The zero-order valence-corrected chi connectivity index (χ0v) is 43.2. The second kappa shape index (κ2) is 23.0. The number of anilines is 3. The van der Waals surface area contributed by atoms with Crippen molar-refractivity contribution in [2.75, 3.05) is 34.9 Å². The first-order valence-corrected chi connectivity index (χ1v) is 27.5. The minimum absolute atomic E-state index is 0.251. The molecule has 0 bridgehead atoms. The van der Waals surface area contributed by atoms with Gasteiger partial charge in [0.15, 0.2) is 20.2 Å². The van der Waals surface area contributed by atoms with Gasteiger partial charge in [-0.15, -0.1) is 0 Å². The second-order valence-corrected chi connectivity index (χ2v) is 20.6. The van der Waals surface area contributed by atoms with E-state index in [-0.39, 0.29) is 36.6 Å². The van der Waals surface area contributed by atoms with E-state index in [4.69, 9.17) is 41.4 Å². The molecule has 0 unspecified atom stereocenters. The largest absolute Gasteiger partial charge is 0.647 e. The van der Waals surface area contributed by atoms with Crippen LogP contribution in [0.1, 0.15) is 16.7 Å². The Morgan fingerprint density at radius 1 is 0.372 bits per heavy atom. The molecular formula is C59H48F2N4O11P2. The molecule has 8 aromatic carbocycles. The van der Waals surface area contributed by atoms with Crippen molar-refractivity contribution in [3.63, 3.8) is 0 Å². The van der Waals surface area contributed by atoms with Crippen LogP contribution in [0.4, 0.5) is 26.0 Å². The van der Waals surface area contributed by atoms with Crippen LogP contribution in [0.2, 0.25) is 0 Å². The molecule has 12 rings (SSSR count). The van der Waals surface area contributed by atoms with E-state index in [1.807, 2.05) is 51.1 Å². The van der Waals surface area contributed by atoms with Crippen molar-refractivity contribution < 1.29 is 59.3 Å². The van der Waals surface area contributed by atoms with Crippen LogP contribution in [0.5, 0.6) is 51.7 Å². The van der Waals surface area contributed by atoms with Crippen LogP contribution < -0.4 is 56.1 Å². The molecule has 4 heterocycles. The Balaban J connectivity index is 0.000000174. The average molecular weight is 1090 g/mol. The van der Waals surface area contributed by atoms with Crippen LogP contribution in [0.15, 0.2) is 219 Å². The minimum Gasteiger partial charge on any atom is -0.473 e. The number of aromatic nitrogens is 1. The summed E-state index contributed by atoms with van der Waals surface area (Å²) in [6, 6.07) is 59.7. The highest BCUT2D eigenvalue weighted by molar-refractivity contribution is 7.50. The molecular weight excluding hydrogens is 1040 g/mol. The van der Waals surface area contributed by atoms with Crippen LogP contribution in [-0.2, 0) is 28.8 Å². The Morgan fingerprint density at radius 2 is 0.705 bits per heavy atom. The Hall–Kier alpha value is -9.17. The van der Waals surface area contributed by atoms with Crippen molar-refractivity contribution in [3.8, 4) is 51.7 Å². The van der Waals surface area contributed by atoms with Crippen molar-refractivity contribution in [1.82, 2.24) is 4.98 Å². The fourth-order valence-corrected chi connectivity index (χ4v) is 11.0. The molecule has 3 aliphatic heterocycles. The lowest BCUT2D eigenvalue weighted by Crippen LogP contribution is -2.32. The van der Waals surface area contributed by atoms with Gasteiger partial charge in [-0.2, -0.15) is 9.13 Å². The van der Waals surface area contributed by atoms with Gasteiger partial charge in [0.2, 0.25) is 0 Å². The van der Waals surface area contributed by atoms with Crippen LogP contribution in [-0.4, -0.2) is 25.2 Å². The number of hydrogen-bond donors (Lipinski definition) is 0. The van der Waals surface area contributed by atoms with Crippen LogP contribution in [0, 0.1) is 11.6 Å². The highest BCUT2D eigenvalue weighted by atomic mass is 31.2. The number of phosphoric ester groups is 2. The van der Waals surface area contributed by atoms with Crippen molar-refractivity contribution in [2.45, 2.75) is 19.6 Å². The SMILES string of the molecule is O=P(Oc1ccccc1)(Oc1ccc2c(c1)CN(c1ccc(F)cc1)CO2)Oc1ccc2c(c1)CN(c1ccc(F)cc1)CO2.O=P(Oc1ccccc1)(Oc1ccccc1)Oc1ccc2c(c1)CN(c1ccccn1)CO2. The summed E-state index contributed by atoms with van der Waals surface area (Å²) in [6.07, 6.45) is 1.74. The topological polar surface area (TPSA) is 140 Å². The smallest absolute Gasteiger partial charge is 0.473 e. The molecule has 1 aromatic heterocycles. The van der Waals surface area contributed by atoms with Crippen LogP contribution >= 0.6 is 15.6 Å². The number of para-hydroxylation sites is 3. The summed E-state index contributed by atoms with van der Waals surface area (Å²) in [5.41, 5.74) is 4.02. The number of nitrogens with zero attached hydrogens (tertiary/aromatic N) is 4. The number of benzene rings is 8. The maximum atomic E-state index is 14.3. The van der Waals surface area contributed by atoms with E-state index in [1.54, 1.807) is 158 Å². The number of halogens is 2. The summed E-state index contributed by atoms with van der Waals surface area (Å²) >= 11 is 0. The minimum atomic E-state index is -4.31. The van der Waals surface area contributed by atoms with Crippen molar-refractivity contribution in [2.24, 2.45) is 0 Å². The van der Waals surface area contributed by atoms with E-state index in [9.17, 15) is 17.9 Å². The second-order valence-electron chi connectivity index (χ2n) is 17.7. The molecule has 0 N–H and O–H groups in total. The Labute approximate surface area is 448 Å². The summed E-state index contributed by atoms with van der Waals surface area (Å²) in [5.74, 6) is 4.10. The van der Waals surface area contributed by atoms with Gasteiger partial charge in [-0.3, -0.25) is 0 Å². The number of ether oxygens (including phenoxy) is 3. The molecule has 9 aromatic rings. The molecule has 0 saturated carbocycles. The molecule has 0 saturated heterocycles. The number of hydrogen-bond acceptors (Lipinski definition) is 15. The van der Waals surface area contributed by atoms with E-state index in [0.717, 1.165) is 39.6 Å². The number of phosphoric acid groups is 2. The van der Waals surface area contributed by atoms with Crippen LogP contribution in [0.25, 0.3) is 0 Å². The third kappa shape index (κ3) is 12.7. The maximum absolute atomic E-state index is 14.3. The van der Waals surface area contributed by atoms with Crippen molar-refractivity contribution in [1.29, 1.82) is 0 Å². The van der Waals surface area contributed by atoms with E-state index >= 15 is 0 Å². The molecule has 0 radical (unpaired) electrons. The lowest BCUT2D eigenvalue weighted by molar-refractivity contribution is 0.283. The third-order valence-electron chi connectivity index (χ3n) is 12.2. The summed E-state index contributed by atoms with van der Waals surface area (Å²) in [6.45, 7) is 2.44. The number of pyridine rings is 1. The number of rotatable bonds is 15. The van der Waals surface area contributed by atoms with Crippen molar-refractivity contribution >= 4 is 32.8 Å². The predicted octanol–water partition coefficient (Wildman–Crippen LogP) is 14.4. The first kappa shape index (κ1) is 51.0. The predicted molar refractivity (Wildman–Crippen MR) is 290 cm³/mol. The standard InChI is InChI=1S/C34H27F2N2O6P.C25H21N2O5P/c35-26-6-10-28(11-7-26)37-20-24-18-31(14-16-33(24)40-22-37)43-45(39,42-30-4-2-1-3-5-30)44-32-15-17-34-25(19-32)21-38(23-41-34)29-12-8-27(36)9-13-29;28-33(30-21-9-3-1-4-10-21,31-22-11-5-2-6-12-22)32-23-14-15-24-20(17-23)18-27(19-29-24)25-13-7-8-16-26-25/h1-19H,20-23H2;1-17H,18-19H2. The molecule has 78 heavy (non-hydrogen) atoms. The van der Waals surface area contributed by atoms with Gasteiger partial charge >= 0.3 is 15.6 Å². The fourth-order valence-electron chi connectivity index (χ4n) is 8.48. The lowest BCUT2D eigenvalue weighted by atomic mass is 10.1. The van der Waals surface area contributed by atoms with Gasteiger partial charge in [0, 0.05) is 47.4 Å². The monoisotopic (exact) mass is 1090 g/mol. The number of fused-ring (bicyclic) bond motifs is 3. The zero-order chi connectivity index (χ0) is 53.3. The molecule has 0 amide bonds. The van der Waals surface area contributed by atoms with Gasteiger partial charge < -0.3 is 56.1 Å². The first-order chi connectivity index (χ1) is 38.1. The summed E-state index contributed by atoms with van der Waals surface area (Å²) in [7, 11) is -8.37. The third-order valence-corrected chi connectivity index (χ3v) is 14.8. The Kier molecular flexibility index (Phi) is 15.0. The molecule has 3 aliphatic rings. The zero-order valence-electron chi connectivity index (χ0n) is 41.5. The highest BCUT2D eigenvalue weighted by Gasteiger charge is 2.36. The molecule has 394 valence electrons. The van der Waals surface area contributed by atoms with E-state index in [0.29, 0.717) is 60.9 Å². The average Bonchev–Trinajstić information content (AvgIpc) is 3.47. The fraction of sp³-hybridized carbons (Fsp3) is 0.102. The molecule has 0 aliphatic carbocycles. The van der Waals surface area contributed by atoms with Gasteiger partial charge in [0.1, 0.15) is 69.2 Å². The van der Waals surface area contributed by atoms with Gasteiger partial charge in [-0.05, 0) is 152 Å². The molecule has 0 spiro atoms. The normalized spacial score (nSPS) is 13.5. The lowest BCUT2D eigenvalue weighted by Gasteiger charge is -2.31. The molecule has 19 heteroatoms. The molecule has 15 nitrogen and oxygen atoms in total. The van der Waals surface area contributed by atoms with Crippen molar-refractivity contribution in [3.05, 3.63) is 247 Å². The highest BCUT2D eigenvalue weighted by Crippen LogP contribution is 2.52. The van der Waals surface area contributed by atoms with E-state index in [2.05, 4.69) is 4.98 Å². The van der Waals surface area contributed by atoms with Gasteiger partial charge in [0.05, 0.1) is 6.54 Å². The quantitative estimate of drug-likeness (QED) is 0.0899. The Bertz CT molecular complexity index is 3420. The van der Waals surface area contributed by atoms with E-state index < -0.39 is 15.6 Å². The summed E-state index contributed by atoms with van der Waals surface area (Å²) < 4.78 is 108. The first-order valence-electron chi connectivity index (χ1n) is 24.5. The summed E-state index contributed by atoms with van der Waals surface area (Å²) in [4.78, 5) is 10.2. The van der Waals surface area contributed by atoms with Crippen LogP contribution in [0.3, 0.4) is 0 Å². The van der Waals surface area contributed by atoms with Gasteiger partial charge in [-0.1, -0.05) is 60.7 Å². The van der Waals surface area contributed by atoms with E-state index in [1.165, 1.54) is 24.3 Å². The molecule has 0 fully saturated rings. The Morgan fingerprint density at radius 3 is 1.06 bits per heavy atom. The van der Waals surface area contributed by atoms with Gasteiger partial charge in [-0.25, -0.2) is 13.8 Å². The summed E-state index contributed by atoms with van der Waals surface area (Å²) in [5, 5.41) is 0. The van der Waals surface area contributed by atoms with Gasteiger partial charge in [0.25, 0.3) is 0 Å². The maximum Gasteiger partial charge on any atom is 0.647 e.